The van der Waals surface area contributed by atoms with Crippen LogP contribution in [0.3, 0.4) is 0 Å². The molecule has 0 unspecified atom stereocenters. The van der Waals surface area contributed by atoms with Crippen molar-refractivity contribution in [1.29, 1.82) is 0 Å². The number of carboxylic acid groups (broad SMARTS) is 1. The Morgan fingerprint density at radius 2 is 1.82 bits per heavy atom. The average molecular weight is 258 g/mol. The number of rotatable bonds is 5. The van der Waals surface area contributed by atoms with Crippen LogP contribution in [0.2, 0.25) is 0 Å². The molecule has 0 spiro atoms. The molecule has 0 radical (unpaired) electrons. The molecule has 5 nitrogen and oxygen atoms in total. The van der Waals surface area contributed by atoms with Crippen molar-refractivity contribution in [2.75, 3.05) is 6.61 Å². The third-order valence-electron chi connectivity index (χ3n) is 2.17. The summed E-state index contributed by atoms with van der Waals surface area (Å²) in [6, 6.07) is 6.18. The Bertz CT molecular complexity index is 487. The topological polar surface area (TPSA) is 80.7 Å². The number of carboxylic acids is 1. The first-order valence-electron chi connectivity index (χ1n) is 5.04. The maximum atomic E-state index is 11.5. The van der Waals surface area contributed by atoms with Gasteiger partial charge >= 0.3 is 5.97 Å². The smallest absolute Gasteiger partial charge is 0.331 e. The van der Waals surface area contributed by atoms with Crippen molar-refractivity contribution in [3.05, 3.63) is 29.8 Å². The van der Waals surface area contributed by atoms with Crippen molar-refractivity contribution in [2.24, 2.45) is 0 Å². The van der Waals surface area contributed by atoms with Crippen molar-refractivity contribution >= 4 is 16.1 Å². The van der Waals surface area contributed by atoms with E-state index in [1.54, 1.807) is 12.1 Å². The van der Waals surface area contributed by atoms with E-state index in [9.17, 15) is 13.2 Å². The zero-order valence-electron chi connectivity index (χ0n) is 9.58. The van der Waals surface area contributed by atoms with Crippen LogP contribution in [-0.4, -0.2) is 26.1 Å². The molecule has 94 valence electrons. The molecule has 0 aliphatic rings. The molecule has 0 aliphatic carbocycles. The van der Waals surface area contributed by atoms with Gasteiger partial charge in [0.15, 0.2) is 6.61 Å². The quantitative estimate of drug-likeness (QED) is 0.811. The summed E-state index contributed by atoms with van der Waals surface area (Å²) >= 11 is 0. The fourth-order valence-corrected chi connectivity index (χ4v) is 2.08. The number of benzene rings is 1. The molecule has 1 N–H and O–H groups in total. The molecule has 0 heterocycles. The Morgan fingerprint density at radius 1 is 1.29 bits per heavy atom. The summed E-state index contributed by atoms with van der Waals surface area (Å²) in [5, 5.41) is 8.35. The molecule has 0 saturated heterocycles. The second-order valence-corrected chi connectivity index (χ2v) is 5.45. The highest BCUT2D eigenvalue weighted by Gasteiger charge is 2.16. The van der Waals surface area contributed by atoms with Gasteiger partial charge in [0.25, 0.3) is 10.1 Å². The molecule has 1 aromatic rings. The first-order chi connectivity index (χ1) is 7.83. The van der Waals surface area contributed by atoms with Crippen LogP contribution in [0, 0.1) is 0 Å². The summed E-state index contributed by atoms with van der Waals surface area (Å²) in [6.07, 6.45) is 0. The molecule has 0 aliphatic heterocycles. The molecule has 17 heavy (non-hydrogen) atoms. The second kappa shape index (κ2) is 5.29. The number of carbonyl (C=O) groups is 1. The van der Waals surface area contributed by atoms with E-state index in [4.69, 9.17) is 5.11 Å². The number of aliphatic carboxylic acids is 1. The van der Waals surface area contributed by atoms with Crippen LogP contribution in [0.25, 0.3) is 0 Å². The van der Waals surface area contributed by atoms with Gasteiger partial charge in [0.1, 0.15) is 0 Å². The monoisotopic (exact) mass is 258 g/mol. The highest BCUT2D eigenvalue weighted by Crippen LogP contribution is 2.18. The minimum absolute atomic E-state index is 0.0387. The van der Waals surface area contributed by atoms with Crippen LogP contribution in [0.1, 0.15) is 25.3 Å². The highest BCUT2D eigenvalue weighted by atomic mass is 32.2. The molecule has 6 heteroatoms. The maximum absolute atomic E-state index is 11.5. The van der Waals surface area contributed by atoms with Crippen molar-refractivity contribution in [3.8, 4) is 0 Å². The van der Waals surface area contributed by atoms with Gasteiger partial charge in [-0.05, 0) is 23.6 Å². The van der Waals surface area contributed by atoms with Gasteiger partial charge in [-0.15, -0.1) is 0 Å². The average Bonchev–Trinajstić information content (AvgIpc) is 2.27. The molecule has 0 atom stereocenters. The SMILES string of the molecule is CC(C)c1ccc(S(=O)(=O)OCC(=O)O)cc1. The lowest BCUT2D eigenvalue weighted by molar-refractivity contribution is -0.139. The van der Waals surface area contributed by atoms with Crippen LogP contribution < -0.4 is 0 Å². The van der Waals surface area contributed by atoms with Crippen molar-refractivity contribution in [2.45, 2.75) is 24.7 Å². The van der Waals surface area contributed by atoms with Gasteiger partial charge in [0.05, 0.1) is 4.90 Å². The minimum Gasteiger partial charge on any atom is -0.479 e. The van der Waals surface area contributed by atoms with Gasteiger partial charge in [-0.3, -0.25) is 4.18 Å². The zero-order chi connectivity index (χ0) is 13.1. The van der Waals surface area contributed by atoms with Crippen molar-refractivity contribution in [3.63, 3.8) is 0 Å². The van der Waals surface area contributed by atoms with E-state index in [0.717, 1.165) is 5.56 Å². The minimum atomic E-state index is -3.98. The second-order valence-electron chi connectivity index (χ2n) is 3.83. The Labute approximate surface area is 100 Å². The lowest BCUT2D eigenvalue weighted by Gasteiger charge is -2.07. The van der Waals surface area contributed by atoms with Gasteiger partial charge in [-0.2, -0.15) is 8.42 Å². The summed E-state index contributed by atoms with van der Waals surface area (Å²) in [6.45, 7) is 3.11. The number of hydrogen-bond donors (Lipinski definition) is 1. The molecule has 0 fully saturated rings. The largest absolute Gasteiger partial charge is 0.479 e. The van der Waals surface area contributed by atoms with E-state index in [-0.39, 0.29) is 4.90 Å². The van der Waals surface area contributed by atoms with E-state index >= 15 is 0 Å². The molecule has 0 aromatic heterocycles. The van der Waals surface area contributed by atoms with Crippen molar-refractivity contribution in [1.82, 2.24) is 0 Å². The molecule has 1 aromatic carbocycles. The zero-order valence-corrected chi connectivity index (χ0v) is 10.4. The van der Waals surface area contributed by atoms with E-state index in [2.05, 4.69) is 4.18 Å². The summed E-state index contributed by atoms with van der Waals surface area (Å²) in [5.41, 5.74) is 1.00. The first kappa shape index (κ1) is 13.7. The third-order valence-corrected chi connectivity index (χ3v) is 3.45. The Hall–Kier alpha value is -1.40. The normalized spacial score (nSPS) is 11.7. The van der Waals surface area contributed by atoms with Gasteiger partial charge in [0.2, 0.25) is 0 Å². The lowest BCUT2D eigenvalue weighted by Crippen LogP contribution is -2.13. The predicted octanol–water partition coefficient (Wildman–Crippen LogP) is 1.60. The summed E-state index contributed by atoms with van der Waals surface area (Å²) < 4.78 is 27.4. The van der Waals surface area contributed by atoms with Crippen LogP contribution in [-0.2, 0) is 19.1 Å². The van der Waals surface area contributed by atoms with Crippen LogP contribution in [0.5, 0.6) is 0 Å². The predicted molar refractivity (Wildman–Crippen MR) is 61.3 cm³/mol. The van der Waals surface area contributed by atoms with E-state index in [0.29, 0.717) is 5.92 Å². The molecule has 1 rings (SSSR count). The van der Waals surface area contributed by atoms with Crippen LogP contribution >= 0.6 is 0 Å². The molecular weight excluding hydrogens is 244 g/mol. The standard InChI is InChI=1S/C11H14O5S/c1-8(2)9-3-5-10(6-4-9)17(14,15)16-7-11(12)13/h3-6,8H,7H2,1-2H3,(H,12,13). The van der Waals surface area contributed by atoms with Gasteiger partial charge in [-0.25, -0.2) is 4.79 Å². The Balaban J connectivity index is 2.89. The molecule has 0 saturated carbocycles. The number of hydrogen-bond acceptors (Lipinski definition) is 4. The van der Waals surface area contributed by atoms with Gasteiger partial charge in [-0.1, -0.05) is 26.0 Å². The lowest BCUT2D eigenvalue weighted by atomic mass is 10.0. The Kier molecular flexibility index (Phi) is 4.25. The van der Waals surface area contributed by atoms with E-state index in [1.807, 2.05) is 13.8 Å². The van der Waals surface area contributed by atoms with Crippen LogP contribution in [0.4, 0.5) is 0 Å². The summed E-state index contributed by atoms with van der Waals surface area (Å²) in [7, 11) is -3.98. The van der Waals surface area contributed by atoms with E-state index in [1.165, 1.54) is 12.1 Å². The van der Waals surface area contributed by atoms with Crippen molar-refractivity contribution < 1.29 is 22.5 Å². The third kappa shape index (κ3) is 3.83. The van der Waals surface area contributed by atoms with E-state index < -0.39 is 22.7 Å². The van der Waals surface area contributed by atoms with Crippen LogP contribution in [0.15, 0.2) is 29.2 Å². The first-order valence-corrected chi connectivity index (χ1v) is 6.45. The fraction of sp³-hybridized carbons (Fsp3) is 0.364. The fourth-order valence-electron chi connectivity index (χ4n) is 1.22. The summed E-state index contributed by atoms with van der Waals surface area (Å²) in [4.78, 5) is 10.2. The Morgan fingerprint density at radius 3 is 2.24 bits per heavy atom. The van der Waals surface area contributed by atoms with Gasteiger partial charge in [0, 0.05) is 0 Å². The summed E-state index contributed by atoms with van der Waals surface area (Å²) in [5.74, 6) is -1.03. The molecular formula is C11H14O5S. The van der Waals surface area contributed by atoms with Gasteiger partial charge < -0.3 is 5.11 Å². The molecule has 0 amide bonds. The maximum Gasteiger partial charge on any atom is 0.331 e. The highest BCUT2D eigenvalue weighted by molar-refractivity contribution is 7.86. The molecule has 0 bridgehead atoms.